The van der Waals surface area contributed by atoms with Crippen LogP contribution in [0.3, 0.4) is 0 Å². The van der Waals surface area contributed by atoms with E-state index in [9.17, 15) is 19.2 Å². The second kappa shape index (κ2) is 8.24. The third kappa shape index (κ3) is 4.09. The van der Waals surface area contributed by atoms with Crippen molar-refractivity contribution in [3.8, 4) is 5.75 Å². The number of imide groups is 1. The van der Waals surface area contributed by atoms with Gasteiger partial charge in [0, 0.05) is 11.3 Å². The molecule has 1 aliphatic rings. The first-order valence-corrected chi connectivity index (χ1v) is 9.31. The van der Waals surface area contributed by atoms with Gasteiger partial charge < -0.3 is 21.1 Å². The second-order valence-corrected chi connectivity index (χ2v) is 6.89. The van der Waals surface area contributed by atoms with Crippen molar-refractivity contribution in [3.63, 3.8) is 0 Å². The average Bonchev–Trinajstić information content (AvgIpc) is 2.93. The zero-order chi connectivity index (χ0) is 21.9. The maximum absolute atomic E-state index is 12.9. The lowest BCUT2D eigenvalue weighted by atomic mass is 9.92. The van der Waals surface area contributed by atoms with Crippen LogP contribution in [0.5, 0.6) is 5.75 Å². The van der Waals surface area contributed by atoms with E-state index in [-0.39, 0.29) is 0 Å². The largest absolute Gasteiger partial charge is 0.494 e. The van der Waals surface area contributed by atoms with Crippen LogP contribution >= 0.6 is 0 Å². The highest BCUT2D eigenvalue weighted by atomic mass is 16.5. The molecule has 0 aromatic heterocycles. The zero-order valence-corrected chi connectivity index (χ0v) is 16.6. The summed E-state index contributed by atoms with van der Waals surface area (Å²) in [6, 6.07) is 12.1. The first-order chi connectivity index (χ1) is 14.2. The van der Waals surface area contributed by atoms with Crippen LogP contribution in [0, 0.1) is 0 Å². The van der Waals surface area contributed by atoms with Gasteiger partial charge in [0.2, 0.25) is 11.8 Å². The minimum absolute atomic E-state index is 0.299. The number of carbonyl (C=O) groups excluding carboxylic acids is 4. The van der Waals surface area contributed by atoms with E-state index >= 15 is 0 Å². The van der Waals surface area contributed by atoms with Gasteiger partial charge in [-0.25, -0.2) is 4.79 Å². The van der Waals surface area contributed by atoms with E-state index in [0.29, 0.717) is 29.2 Å². The Bertz CT molecular complexity index is 987. The maximum Gasteiger partial charge on any atom is 0.325 e. The Balaban J connectivity index is 1.69. The normalized spacial score (nSPS) is 18.1. The fourth-order valence-corrected chi connectivity index (χ4v) is 3.15. The highest BCUT2D eigenvalue weighted by Gasteiger charge is 2.49. The van der Waals surface area contributed by atoms with Crippen LogP contribution in [0.1, 0.15) is 29.8 Å². The SMILES string of the molecule is CCOc1ccc([C@]2(C)NC(=O)N(CC(=O)Nc3ccc(C(N)=O)cc3)C2=O)cc1. The van der Waals surface area contributed by atoms with E-state index in [4.69, 9.17) is 10.5 Å². The van der Waals surface area contributed by atoms with Gasteiger partial charge >= 0.3 is 6.03 Å². The van der Waals surface area contributed by atoms with Gasteiger partial charge in [-0.05, 0) is 55.8 Å². The van der Waals surface area contributed by atoms with E-state index < -0.39 is 35.8 Å². The van der Waals surface area contributed by atoms with Gasteiger partial charge in [0.15, 0.2) is 0 Å². The van der Waals surface area contributed by atoms with Crippen molar-refractivity contribution >= 4 is 29.4 Å². The standard InChI is InChI=1S/C21H22N4O5/c1-3-30-16-10-6-14(7-11-16)21(2)19(28)25(20(29)24-21)12-17(26)23-15-8-4-13(5-9-15)18(22)27/h4-11H,3,12H2,1-2H3,(H2,22,27)(H,23,26)(H,24,29)/t21-/m0/s1. The second-order valence-electron chi connectivity index (χ2n) is 6.89. The molecule has 1 heterocycles. The van der Waals surface area contributed by atoms with Gasteiger partial charge in [0.1, 0.15) is 17.8 Å². The molecular weight excluding hydrogens is 388 g/mol. The van der Waals surface area contributed by atoms with E-state index in [0.717, 1.165) is 4.90 Å². The van der Waals surface area contributed by atoms with Crippen LogP contribution in [-0.4, -0.2) is 41.8 Å². The first kappa shape index (κ1) is 20.8. The Kier molecular flexibility index (Phi) is 5.72. The molecule has 0 unspecified atom stereocenters. The van der Waals surface area contributed by atoms with Crippen molar-refractivity contribution in [2.45, 2.75) is 19.4 Å². The van der Waals surface area contributed by atoms with Crippen LogP contribution in [0.15, 0.2) is 48.5 Å². The molecule has 3 rings (SSSR count). The Morgan fingerprint density at radius 3 is 2.30 bits per heavy atom. The van der Waals surface area contributed by atoms with Gasteiger partial charge in [-0.15, -0.1) is 0 Å². The molecule has 156 valence electrons. The molecule has 0 spiro atoms. The summed E-state index contributed by atoms with van der Waals surface area (Å²) in [5.74, 6) is -1.02. The predicted molar refractivity (Wildman–Crippen MR) is 109 cm³/mol. The minimum atomic E-state index is -1.29. The van der Waals surface area contributed by atoms with Crippen LogP contribution in [0.25, 0.3) is 0 Å². The third-order valence-corrected chi connectivity index (χ3v) is 4.77. The van der Waals surface area contributed by atoms with Gasteiger partial charge in [-0.3, -0.25) is 19.3 Å². The van der Waals surface area contributed by atoms with Crippen molar-refractivity contribution in [3.05, 3.63) is 59.7 Å². The summed E-state index contributed by atoms with van der Waals surface area (Å²) in [6.07, 6.45) is 0. The number of primary amides is 1. The Hall–Kier alpha value is -3.88. The lowest BCUT2D eigenvalue weighted by Crippen LogP contribution is -2.42. The maximum atomic E-state index is 12.9. The van der Waals surface area contributed by atoms with Crippen LogP contribution in [0.2, 0.25) is 0 Å². The summed E-state index contributed by atoms with van der Waals surface area (Å²) in [6.45, 7) is 3.52. The zero-order valence-electron chi connectivity index (χ0n) is 16.6. The predicted octanol–water partition coefficient (Wildman–Crippen LogP) is 1.59. The molecule has 0 radical (unpaired) electrons. The molecule has 2 aromatic carbocycles. The molecule has 4 N–H and O–H groups in total. The summed E-state index contributed by atoms with van der Waals surface area (Å²) in [5, 5.41) is 5.24. The topological polar surface area (TPSA) is 131 Å². The molecule has 9 heteroatoms. The third-order valence-electron chi connectivity index (χ3n) is 4.77. The average molecular weight is 410 g/mol. The summed E-state index contributed by atoms with van der Waals surface area (Å²) >= 11 is 0. The summed E-state index contributed by atoms with van der Waals surface area (Å²) in [5.41, 5.74) is 5.18. The van der Waals surface area contributed by atoms with Gasteiger partial charge in [0.05, 0.1) is 6.61 Å². The molecular formula is C21H22N4O5. The number of hydrogen-bond donors (Lipinski definition) is 3. The smallest absolute Gasteiger partial charge is 0.325 e. The number of anilines is 1. The number of carbonyl (C=O) groups is 4. The monoisotopic (exact) mass is 410 g/mol. The molecule has 2 aromatic rings. The molecule has 0 bridgehead atoms. The summed E-state index contributed by atoms with van der Waals surface area (Å²) < 4.78 is 5.39. The molecule has 5 amide bonds. The van der Waals surface area contributed by atoms with E-state index in [1.165, 1.54) is 24.3 Å². The van der Waals surface area contributed by atoms with Crippen molar-refractivity contribution in [1.29, 1.82) is 0 Å². The lowest BCUT2D eigenvalue weighted by Gasteiger charge is -2.22. The molecule has 1 fully saturated rings. The fourth-order valence-electron chi connectivity index (χ4n) is 3.15. The van der Waals surface area contributed by atoms with E-state index in [2.05, 4.69) is 10.6 Å². The highest BCUT2D eigenvalue weighted by molar-refractivity contribution is 6.10. The number of nitrogens with one attached hydrogen (secondary N) is 2. The minimum Gasteiger partial charge on any atom is -0.494 e. The first-order valence-electron chi connectivity index (χ1n) is 9.31. The van der Waals surface area contributed by atoms with Crippen LogP contribution in [-0.2, 0) is 15.1 Å². The number of hydrogen-bond acceptors (Lipinski definition) is 5. The molecule has 0 saturated carbocycles. The lowest BCUT2D eigenvalue weighted by molar-refractivity contribution is -0.133. The molecule has 1 saturated heterocycles. The summed E-state index contributed by atoms with van der Waals surface area (Å²) in [4.78, 5) is 49.6. The molecule has 0 aliphatic carbocycles. The van der Waals surface area contributed by atoms with Crippen molar-refractivity contribution in [2.75, 3.05) is 18.5 Å². The van der Waals surface area contributed by atoms with E-state index in [1.807, 2.05) is 6.92 Å². The number of nitrogens with two attached hydrogens (primary N) is 1. The van der Waals surface area contributed by atoms with Gasteiger partial charge in [-0.2, -0.15) is 0 Å². The summed E-state index contributed by atoms with van der Waals surface area (Å²) in [7, 11) is 0. The Labute approximate surface area is 173 Å². The molecule has 1 aliphatic heterocycles. The fraction of sp³-hybridized carbons (Fsp3) is 0.238. The van der Waals surface area contributed by atoms with Crippen LogP contribution < -0.4 is 21.1 Å². The van der Waals surface area contributed by atoms with Crippen molar-refractivity contribution in [2.24, 2.45) is 5.73 Å². The van der Waals surface area contributed by atoms with Crippen molar-refractivity contribution < 1.29 is 23.9 Å². The number of rotatable bonds is 7. The molecule has 1 atom stereocenters. The van der Waals surface area contributed by atoms with Gasteiger partial charge in [-0.1, -0.05) is 12.1 Å². The Morgan fingerprint density at radius 1 is 1.10 bits per heavy atom. The number of benzene rings is 2. The number of amides is 5. The van der Waals surface area contributed by atoms with Crippen LogP contribution in [0.4, 0.5) is 10.5 Å². The Morgan fingerprint density at radius 2 is 1.73 bits per heavy atom. The number of nitrogens with zero attached hydrogens (tertiary/aromatic N) is 1. The van der Waals surface area contributed by atoms with E-state index in [1.54, 1.807) is 31.2 Å². The highest BCUT2D eigenvalue weighted by Crippen LogP contribution is 2.30. The quantitative estimate of drug-likeness (QED) is 0.597. The number of ether oxygens (including phenoxy) is 1. The van der Waals surface area contributed by atoms with Gasteiger partial charge in [0.25, 0.3) is 5.91 Å². The van der Waals surface area contributed by atoms with Crippen molar-refractivity contribution in [1.82, 2.24) is 10.2 Å². The molecule has 9 nitrogen and oxygen atoms in total. The molecule has 30 heavy (non-hydrogen) atoms. The number of urea groups is 1.